The number of carboxylic acids is 1. The first-order valence-electron chi connectivity index (χ1n) is 6.96. The maximum atomic E-state index is 12.0. The highest BCUT2D eigenvalue weighted by Gasteiger charge is 2.43. The Hall–Kier alpha value is -1.06. The lowest BCUT2D eigenvalue weighted by atomic mass is 9.76. The summed E-state index contributed by atoms with van der Waals surface area (Å²) < 4.78 is 0. The molecule has 0 aliphatic heterocycles. The zero-order valence-corrected chi connectivity index (χ0v) is 11.7. The molecule has 1 aliphatic carbocycles. The number of amides is 1. The van der Waals surface area contributed by atoms with Crippen molar-refractivity contribution in [3.63, 3.8) is 0 Å². The number of hydrogen-bond donors (Lipinski definition) is 2. The predicted molar refractivity (Wildman–Crippen MR) is 70.2 cm³/mol. The third kappa shape index (κ3) is 3.47. The number of aliphatic carboxylic acids is 1. The third-order valence-corrected chi connectivity index (χ3v) is 3.94. The molecular weight excluding hydrogens is 230 g/mol. The van der Waals surface area contributed by atoms with E-state index in [2.05, 4.69) is 12.2 Å². The summed E-state index contributed by atoms with van der Waals surface area (Å²) in [7, 11) is 0. The summed E-state index contributed by atoms with van der Waals surface area (Å²) in [6.07, 6.45) is 4.76. The van der Waals surface area contributed by atoms with Crippen molar-refractivity contribution in [3.05, 3.63) is 0 Å². The number of hydrogen-bond acceptors (Lipinski definition) is 2. The summed E-state index contributed by atoms with van der Waals surface area (Å²) in [5.74, 6) is -0.750. The Morgan fingerprint density at radius 1 is 1.50 bits per heavy atom. The van der Waals surface area contributed by atoms with E-state index in [4.69, 9.17) is 0 Å². The van der Waals surface area contributed by atoms with E-state index in [1.165, 1.54) is 0 Å². The van der Waals surface area contributed by atoms with E-state index in [0.29, 0.717) is 18.8 Å². The molecule has 0 spiro atoms. The minimum Gasteiger partial charge on any atom is -0.480 e. The van der Waals surface area contributed by atoms with E-state index < -0.39 is 11.5 Å². The van der Waals surface area contributed by atoms with Gasteiger partial charge in [-0.25, -0.2) is 4.79 Å². The summed E-state index contributed by atoms with van der Waals surface area (Å²) in [5, 5.41) is 12.3. The molecule has 1 saturated carbocycles. The van der Waals surface area contributed by atoms with Crippen LogP contribution in [0.25, 0.3) is 0 Å². The van der Waals surface area contributed by atoms with Gasteiger partial charge in [0.1, 0.15) is 5.54 Å². The normalized spacial score (nSPS) is 29.6. The fourth-order valence-corrected chi connectivity index (χ4v) is 2.84. The zero-order valence-electron chi connectivity index (χ0n) is 11.7. The Labute approximate surface area is 109 Å². The predicted octanol–water partition coefficient (Wildman–Crippen LogP) is 2.57. The monoisotopic (exact) mass is 255 g/mol. The second kappa shape index (κ2) is 6.21. The summed E-state index contributed by atoms with van der Waals surface area (Å²) in [4.78, 5) is 23.6. The van der Waals surface area contributed by atoms with Crippen LogP contribution in [0, 0.1) is 11.8 Å². The molecule has 0 aromatic carbocycles. The van der Waals surface area contributed by atoms with Crippen LogP contribution >= 0.6 is 0 Å². The molecular formula is C14H25NO3. The summed E-state index contributed by atoms with van der Waals surface area (Å²) in [5.41, 5.74) is -1.03. The van der Waals surface area contributed by atoms with Gasteiger partial charge in [0, 0.05) is 5.92 Å². The molecule has 2 N–H and O–H groups in total. The number of carboxylic acid groups (broad SMARTS) is 1. The van der Waals surface area contributed by atoms with Gasteiger partial charge in [-0.15, -0.1) is 0 Å². The fourth-order valence-electron chi connectivity index (χ4n) is 2.84. The van der Waals surface area contributed by atoms with Crippen LogP contribution in [0.2, 0.25) is 0 Å². The van der Waals surface area contributed by atoms with Gasteiger partial charge in [-0.3, -0.25) is 4.79 Å². The van der Waals surface area contributed by atoms with E-state index in [1.54, 1.807) is 0 Å². The molecule has 0 bridgehead atoms. The third-order valence-electron chi connectivity index (χ3n) is 3.94. The van der Waals surface area contributed by atoms with E-state index in [1.807, 2.05) is 13.8 Å². The highest BCUT2D eigenvalue weighted by atomic mass is 16.4. The standard InChI is InChI=1S/C14H25NO3/c1-4-6-11(3)12(16)15-14(13(17)18)8-5-7-10(2)9-14/h10-11H,4-9H2,1-3H3,(H,15,16)(H,17,18). The Morgan fingerprint density at radius 2 is 2.17 bits per heavy atom. The first-order valence-corrected chi connectivity index (χ1v) is 6.96. The minimum atomic E-state index is -1.03. The van der Waals surface area contributed by atoms with Crippen molar-refractivity contribution in [2.45, 2.75) is 64.8 Å². The van der Waals surface area contributed by atoms with Gasteiger partial charge in [-0.05, 0) is 25.2 Å². The molecule has 4 nitrogen and oxygen atoms in total. The molecule has 4 heteroatoms. The lowest BCUT2D eigenvalue weighted by Gasteiger charge is -2.37. The highest BCUT2D eigenvalue weighted by Crippen LogP contribution is 2.33. The van der Waals surface area contributed by atoms with E-state index in [9.17, 15) is 14.7 Å². The van der Waals surface area contributed by atoms with Crippen LogP contribution in [0.1, 0.15) is 59.3 Å². The Balaban J connectivity index is 2.74. The van der Waals surface area contributed by atoms with Crippen LogP contribution in [0.4, 0.5) is 0 Å². The van der Waals surface area contributed by atoms with Crippen molar-refractivity contribution in [3.8, 4) is 0 Å². The second-order valence-corrected chi connectivity index (χ2v) is 5.77. The molecule has 0 saturated heterocycles. The number of rotatable bonds is 5. The van der Waals surface area contributed by atoms with E-state index in [0.717, 1.165) is 25.7 Å². The van der Waals surface area contributed by atoms with Crippen molar-refractivity contribution < 1.29 is 14.7 Å². The van der Waals surface area contributed by atoms with Crippen molar-refractivity contribution in [1.29, 1.82) is 0 Å². The van der Waals surface area contributed by atoms with Crippen LogP contribution in [0.15, 0.2) is 0 Å². The summed E-state index contributed by atoms with van der Waals surface area (Å²) in [6, 6.07) is 0. The molecule has 1 fully saturated rings. The van der Waals surface area contributed by atoms with Crippen LogP contribution < -0.4 is 5.32 Å². The Kier molecular flexibility index (Phi) is 5.17. The Morgan fingerprint density at radius 3 is 2.67 bits per heavy atom. The molecule has 104 valence electrons. The highest BCUT2D eigenvalue weighted by molar-refractivity contribution is 5.88. The maximum absolute atomic E-state index is 12.0. The summed E-state index contributed by atoms with van der Waals surface area (Å²) in [6.45, 7) is 5.94. The number of nitrogens with one attached hydrogen (secondary N) is 1. The first-order chi connectivity index (χ1) is 8.41. The molecule has 0 heterocycles. The largest absolute Gasteiger partial charge is 0.480 e. The average molecular weight is 255 g/mol. The van der Waals surface area contributed by atoms with Crippen LogP contribution in [0.5, 0.6) is 0 Å². The lowest BCUT2D eigenvalue weighted by molar-refractivity contribution is -0.150. The van der Waals surface area contributed by atoms with Gasteiger partial charge in [0.25, 0.3) is 0 Å². The SMILES string of the molecule is CCCC(C)C(=O)NC1(C(=O)O)CCCC(C)C1. The molecule has 0 radical (unpaired) electrons. The molecule has 3 atom stereocenters. The van der Waals surface area contributed by atoms with Gasteiger partial charge >= 0.3 is 5.97 Å². The number of carbonyl (C=O) groups excluding carboxylic acids is 1. The van der Waals surface area contributed by atoms with Crippen molar-refractivity contribution >= 4 is 11.9 Å². The molecule has 18 heavy (non-hydrogen) atoms. The van der Waals surface area contributed by atoms with E-state index >= 15 is 0 Å². The zero-order chi connectivity index (χ0) is 13.8. The van der Waals surface area contributed by atoms with Gasteiger partial charge in [0.2, 0.25) is 5.91 Å². The van der Waals surface area contributed by atoms with Crippen LogP contribution in [0.3, 0.4) is 0 Å². The van der Waals surface area contributed by atoms with Crippen molar-refractivity contribution in [1.82, 2.24) is 5.32 Å². The van der Waals surface area contributed by atoms with E-state index in [-0.39, 0.29) is 11.8 Å². The van der Waals surface area contributed by atoms with Gasteiger partial charge in [-0.1, -0.05) is 40.0 Å². The maximum Gasteiger partial charge on any atom is 0.329 e. The second-order valence-electron chi connectivity index (χ2n) is 5.77. The van der Waals surface area contributed by atoms with Gasteiger partial charge in [0.15, 0.2) is 0 Å². The van der Waals surface area contributed by atoms with Crippen LogP contribution in [-0.2, 0) is 9.59 Å². The molecule has 1 rings (SSSR count). The van der Waals surface area contributed by atoms with Gasteiger partial charge in [-0.2, -0.15) is 0 Å². The molecule has 1 amide bonds. The van der Waals surface area contributed by atoms with Crippen molar-refractivity contribution in [2.75, 3.05) is 0 Å². The van der Waals surface area contributed by atoms with Gasteiger partial charge < -0.3 is 10.4 Å². The first kappa shape index (κ1) is 15.0. The molecule has 1 aliphatic rings. The molecule has 0 aromatic rings. The Bertz CT molecular complexity index is 316. The quantitative estimate of drug-likeness (QED) is 0.793. The minimum absolute atomic E-state index is 0.108. The van der Waals surface area contributed by atoms with Crippen molar-refractivity contribution in [2.24, 2.45) is 11.8 Å². The fraction of sp³-hybridized carbons (Fsp3) is 0.857. The average Bonchev–Trinajstić information content (AvgIpc) is 2.29. The number of carbonyl (C=O) groups is 2. The molecule has 0 aromatic heterocycles. The van der Waals surface area contributed by atoms with Gasteiger partial charge in [0.05, 0.1) is 0 Å². The molecule has 3 unspecified atom stereocenters. The lowest BCUT2D eigenvalue weighted by Crippen LogP contribution is -2.57. The van der Waals surface area contributed by atoms with Crippen LogP contribution in [-0.4, -0.2) is 22.5 Å². The smallest absolute Gasteiger partial charge is 0.329 e. The summed E-state index contributed by atoms with van der Waals surface area (Å²) >= 11 is 0. The topological polar surface area (TPSA) is 66.4 Å².